The maximum atomic E-state index is 14.4. The summed E-state index contributed by atoms with van der Waals surface area (Å²) in [5.41, 5.74) is -3.31. The second kappa shape index (κ2) is 30.0. The van der Waals surface area contributed by atoms with E-state index in [9.17, 15) is 25.5 Å². The number of aliphatic hydroxyl groups excluding tert-OH is 3. The van der Waals surface area contributed by atoms with Crippen molar-refractivity contribution in [2.45, 2.75) is 185 Å². The number of benzene rings is 7. The lowest BCUT2D eigenvalue weighted by Gasteiger charge is -2.54. The molecule has 0 aliphatic carbocycles. The molecule has 0 amide bonds. The molecule has 7 rings (SSSR count). The van der Waals surface area contributed by atoms with Crippen LogP contribution < -0.4 is 20.7 Å². The topological polar surface area (TPSA) is 129 Å². The molecule has 8 atom stereocenters. The summed E-state index contributed by atoms with van der Waals surface area (Å²) >= 11 is 0. The summed E-state index contributed by atoms with van der Waals surface area (Å²) in [4.78, 5) is 0. The van der Waals surface area contributed by atoms with Crippen molar-refractivity contribution in [2.24, 2.45) is 11.8 Å². The molecule has 0 spiro atoms. The van der Waals surface area contributed by atoms with E-state index in [2.05, 4.69) is 140 Å². The Labute approximate surface area is 512 Å². The summed E-state index contributed by atoms with van der Waals surface area (Å²) in [5, 5.41) is 70.1. The van der Waals surface area contributed by atoms with Gasteiger partial charge in [0.1, 0.15) is 22.9 Å². The Hall–Kier alpha value is -5.35. The van der Waals surface area contributed by atoms with Crippen LogP contribution in [-0.2, 0) is 19.2 Å². The smallest absolute Gasteiger partial charge is 0.261 e. The summed E-state index contributed by atoms with van der Waals surface area (Å²) in [7, 11) is -7.13. The third-order valence-electron chi connectivity index (χ3n) is 18.0. The minimum atomic E-state index is -3.81. The van der Waals surface area contributed by atoms with E-state index < -0.39 is 79.8 Å². The van der Waals surface area contributed by atoms with Crippen LogP contribution in [0.1, 0.15) is 150 Å². The number of unbranched alkanes of at least 4 members (excludes halogenated alkanes) is 6. The highest BCUT2D eigenvalue weighted by Gasteiger charge is 2.61. The Kier molecular flexibility index (Phi) is 23.7. The quantitative estimate of drug-likeness (QED) is 0.0160. The molecule has 0 aliphatic heterocycles. The first-order chi connectivity index (χ1) is 40.7. The van der Waals surface area contributed by atoms with Gasteiger partial charge in [-0.1, -0.05) is 319 Å². The van der Waals surface area contributed by atoms with Crippen molar-refractivity contribution in [3.8, 4) is 0 Å². The highest BCUT2D eigenvalue weighted by Crippen LogP contribution is 2.49. The van der Waals surface area contributed by atoms with Crippen molar-refractivity contribution >= 4 is 37.4 Å². The first kappa shape index (κ1) is 67.2. The van der Waals surface area contributed by atoms with E-state index in [0.717, 1.165) is 82.4 Å². The molecule has 7 aromatic carbocycles. The maximum Gasteiger partial charge on any atom is 0.261 e. The van der Waals surface area contributed by atoms with E-state index >= 15 is 0 Å². The number of ether oxygens (including phenoxy) is 1. The van der Waals surface area contributed by atoms with E-state index in [4.69, 9.17) is 13.6 Å². The van der Waals surface area contributed by atoms with E-state index in [1.807, 2.05) is 127 Å². The second-order valence-corrected chi connectivity index (χ2v) is 34.9. The van der Waals surface area contributed by atoms with Crippen molar-refractivity contribution in [2.75, 3.05) is 13.2 Å². The molecule has 8 nitrogen and oxygen atoms in total. The first-order valence-corrected chi connectivity index (χ1v) is 35.3. The van der Waals surface area contributed by atoms with E-state index in [1.165, 1.54) is 0 Å². The highest BCUT2D eigenvalue weighted by molar-refractivity contribution is 7.00. The van der Waals surface area contributed by atoms with Gasteiger partial charge in [-0.3, -0.25) is 0 Å². The van der Waals surface area contributed by atoms with Gasteiger partial charge < -0.3 is 39.1 Å². The number of hydrogen-bond acceptors (Lipinski definition) is 8. The van der Waals surface area contributed by atoms with Crippen molar-refractivity contribution < 1.29 is 39.1 Å². The Bertz CT molecular complexity index is 2810. The minimum Gasteiger partial charge on any atom is -0.404 e. The molecule has 10 heteroatoms. The van der Waals surface area contributed by atoms with Gasteiger partial charge in [-0.2, -0.15) is 0 Å². The Balaban J connectivity index is 1.60. The molecule has 7 aromatic rings. The molecule has 8 unspecified atom stereocenters. The van der Waals surface area contributed by atoms with Crippen LogP contribution in [-0.4, -0.2) is 91.0 Å². The molecule has 0 aliphatic rings. The summed E-state index contributed by atoms with van der Waals surface area (Å²) in [6.07, 6.45) is 1.76. The Morgan fingerprint density at radius 1 is 0.424 bits per heavy atom. The largest absolute Gasteiger partial charge is 0.404 e. The van der Waals surface area contributed by atoms with Crippen molar-refractivity contribution in [1.82, 2.24) is 0 Å². The number of hydrogen-bond donors (Lipinski definition) is 5. The minimum absolute atomic E-state index is 0.260. The average molecular weight is 1190 g/mol. The highest BCUT2D eigenvalue weighted by atomic mass is 28.4. The van der Waals surface area contributed by atoms with Gasteiger partial charge in [-0.15, -0.1) is 0 Å². The number of rotatable bonds is 32. The molecule has 0 heterocycles. The zero-order valence-electron chi connectivity index (χ0n) is 52.6. The van der Waals surface area contributed by atoms with Crippen LogP contribution in [0.4, 0.5) is 0 Å². The van der Waals surface area contributed by atoms with Gasteiger partial charge in [0.05, 0.1) is 24.9 Å². The van der Waals surface area contributed by atoms with Crippen LogP contribution in [0, 0.1) is 11.8 Å². The van der Waals surface area contributed by atoms with Crippen LogP contribution in [0.25, 0.3) is 0 Å². The zero-order valence-corrected chi connectivity index (χ0v) is 54.6. The fourth-order valence-corrected chi connectivity index (χ4v) is 22.8. The monoisotopic (exact) mass is 1180 g/mol. The molecule has 456 valence electrons. The summed E-state index contributed by atoms with van der Waals surface area (Å²) < 4.78 is 24.5. The van der Waals surface area contributed by atoms with Crippen LogP contribution in [0.2, 0.25) is 10.1 Å². The maximum absolute atomic E-state index is 14.4. The van der Waals surface area contributed by atoms with Crippen LogP contribution in [0.5, 0.6) is 0 Å². The molecule has 0 saturated heterocycles. The molecule has 0 aromatic heterocycles. The lowest BCUT2D eigenvalue weighted by atomic mass is 9.72. The summed E-state index contributed by atoms with van der Waals surface area (Å²) in [6, 6.07) is 71.5. The standard InChI is InChI=1S/C75H100O8Si2/c1-11-13-15-24-40-58(56-76)68(77)74(10,80)70(83-85(72(6,7)8,64-51-35-22-36-52-64)65-53-37-23-38-54-65)67(82-75(59-41-25-17-26-42-59,60-43-27-18-28-44-60)61-45-29-19-30-46-61)66(55-39-16-14-12-2)69(78)73(9,79)57-81-84(71(3,4)5,62-47-31-20-32-48-62)63-49-33-21-34-50-63/h17-23,25-38,41-54,58,66-70,76-80H,11-16,24,39-40,55-57H2,1-10H3. The third-order valence-corrected chi connectivity index (χ3v) is 28.0. The Morgan fingerprint density at radius 2 is 0.765 bits per heavy atom. The molecular formula is C75H100O8Si2. The van der Waals surface area contributed by atoms with Gasteiger partial charge >= 0.3 is 0 Å². The van der Waals surface area contributed by atoms with Crippen molar-refractivity contribution in [1.29, 1.82) is 0 Å². The van der Waals surface area contributed by atoms with E-state index in [-0.39, 0.29) is 13.2 Å². The molecular weight excluding hydrogens is 1080 g/mol. The predicted octanol–water partition coefficient (Wildman–Crippen LogP) is 13.3. The normalized spacial score (nSPS) is 16.3. The van der Waals surface area contributed by atoms with Crippen molar-refractivity contribution in [3.63, 3.8) is 0 Å². The lowest BCUT2D eigenvalue weighted by molar-refractivity contribution is -0.232. The predicted molar refractivity (Wildman–Crippen MR) is 355 cm³/mol. The summed E-state index contributed by atoms with van der Waals surface area (Å²) in [6.45, 7) is 20.2. The second-order valence-electron chi connectivity index (χ2n) is 26.3. The summed E-state index contributed by atoms with van der Waals surface area (Å²) in [5.74, 6) is -1.79. The van der Waals surface area contributed by atoms with Gasteiger partial charge in [-0.05, 0) is 74.2 Å². The fraction of sp³-hybridized carbons (Fsp3) is 0.440. The molecule has 85 heavy (non-hydrogen) atoms. The molecule has 0 saturated carbocycles. The van der Waals surface area contributed by atoms with Crippen LogP contribution in [0.15, 0.2) is 212 Å². The van der Waals surface area contributed by atoms with Gasteiger partial charge in [0.2, 0.25) is 0 Å². The lowest BCUT2D eigenvalue weighted by Crippen LogP contribution is -2.73. The zero-order chi connectivity index (χ0) is 61.4. The number of aliphatic hydroxyl groups is 5. The third kappa shape index (κ3) is 15.0. The van der Waals surface area contributed by atoms with Crippen molar-refractivity contribution in [3.05, 3.63) is 229 Å². The molecule has 5 N–H and O–H groups in total. The van der Waals surface area contributed by atoms with Gasteiger partial charge in [0.25, 0.3) is 16.6 Å². The van der Waals surface area contributed by atoms with E-state index in [0.29, 0.717) is 19.3 Å². The van der Waals surface area contributed by atoms with E-state index in [1.54, 1.807) is 13.8 Å². The molecule has 0 radical (unpaired) electrons. The first-order valence-electron chi connectivity index (χ1n) is 31.5. The van der Waals surface area contributed by atoms with Gasteiger partial charge in [-0.25, -0.2) is 0 Å². The van der Waals surface area contributed by atoms with Crippen LogP contribution >= 0.6 is 0 Å². The molecule has 0 fully saturated rings. The average Bonchev–Trinajstić information content (AvgIpc) is 0.849. The van der Waals surface area contributed by atoms with Crippen LogP contribution in [0.3, 0.4) is 0 Å². The van der Waals surface area contributed by atoms with Gasteiger partial charge in [0, 0.05) is 18.4 Å². The van der Waals surface area contributed by atoms with Gasteiger partial charge in [0.15, 0.2) is 0 Å². The Morgan fingerprint density at radius 3 is 1.11 bits per heavy atom. The molecule has 0 bridgehead atoms. The fourth-order valence-electron chi connectivity index (χ4n) is 13.4. The SMILES string of the molecule is CCCCCCC(CO)C(O)C(C)(O)C(O[Si](c1ccccc1)(c1ccccc1)C(C)(C)C)C(OC(c1ccccc1)(c1ccccc1)c1ccccc1)C(CCCCCC)C(O)C(C)(O)CO[Si](c1ccccc1)(c1ccccc1)C(C)(C)C.